The van der Waals surface area contributed by atoms with Crippen LogP contribution in [-0.2, 0) is 9.59 Å². The smallest absolute Gasteiger partial charge is 0.227 e. The fraction of sp³-hybridized carbons (Fsp3) is 0.118. The van der Waals surface area contributed by atoms with Crippen molar-refractivity contribution in [2.45, 2.75) is 12.8 Å². The molecule has 0 aliphatic heterocycles. The third kappa shape index (κ3) is 3.72. The van der Waals surface area contributed by atoms with E-state index in [0.717, 1.165) is 5.56 Å². The van der Waals surface area contributed by atoms with E-state index in [2.05, 4.69) is 10.3 Å². The van der Waals surface area contributed by atoms with Crippen molar-refractivity contribution in [3.05, 3.63) is 47.5 Å². The van der Waals surface area contributed by atoms with Crippen LogP contribution in [0.15, 0.2) is 46.9 Å². The molecule has 0 unspecified atom stereocenters. The molecule has 3 rings (SSSR count). The number of carbonyl (C=O) groups is 2. The Labute approximate surface area is 142 Å². The molecule has 6 nitrogen and oxygen atoms in total. The molecule has 1 heterocycles. The van der Waals surface area contributed by atoms with Gasteiger partial charge >= 0.3 is 0 Å². The number of carbonyl (C=O) groups excluding carboxylic acids is 2. The number of fused-ring (bicyclic) bond motifs is 1. The number of carboxylic acid groups (broad SMARTS) is 1. The molecular weight excluding hydrogens is 332 g/mol. The summed E-state index contributed by atoms with van der Waals surface area (Å²) in [4.78, 5) is 26.3. The lowest BCUT2D eigenvalue weighted by Gasteiger charge is -2.06. The fourth-order valence-electron chi connectivity index (χ4n) is 2.16. The molecule has 1 amide bonds. The summed E-state index contributed by atoms with van der Waals surface area (Å²) in [5.74, 6) is -1.19. The SMILES string of the molecule is O=C([O-])CCC(=O)Nc1ccc(-c2nc3cc(Cl)ccc3o2)cc1. The van der Waals surface area contributed by atoms with Crippen molar-refractivity contribution in [3.63, 3.8) is 0 Å². The summed E-state index contributed by atoms with van der Waals surface area (Å²) in [5, 5.41) is 13.5. The van der Waals surface area contributed by atoms with Crippen LogP contribution in [0.25, 0.3) is 22.6 Å². The molecule has 0 fully saturated rings. The third-order valence-electron chi connectivity index (χ3n) is 3.32. The van der Waals surface area contributed by atoms with Gasteiger partial charge in [0, 0.05) is 28.7 Å². The minimum absolute atomic E-state index is 0.129. The van der Waals surface area contributed by atoms with E-state index in [4.69, 9.17) is 16.0 Å². The normalized spacial score (nSPS) is 10.7. The number of anilines is 1. The Kier molecular flexibility index (Phi) is 4.48. The van der Waals surface area contributed by atoms with E-state index in [1.165, 1.54) is 0 Å². The molecule has 0 spiro atoms. The molecule has 0 bridgehead atoms. The number of hydrogen-bond acceptors (Lipinski definition) is 5. The second-order valence-electron chi connectivity index (χ2n) is 5.13. The second-order valence-corrected chi connectivity index (χ2v) is 5.57. The van der Waals surface area contributed by atoms with Crippen LogP contribution in [-0.4, -0.2) is 16.9 Å². The lowest BCUT2D eigenvalue weighted by atomic mass is 10.2. The highest BCUT2D eigenvalue weighted by Crippen LogP contribution is 2.27. The summed E-state index contributed by atoms with van der Waals surface area (Å²) < 4.78 is 5.67. The maximum Gasteiger partial charge on any atom is 0.227 e. The summed E-state index contributed by atoms with van der Waals surface area (Å²) in [6, 6.07) is 12.1. The number of rotatable bonds is 5. The topological polar surface area (TPSA) is 95.3 Å². The van der Waals surface area contributed by atoms with Gasteiger partial charge in [-0.25, -0.2) is 4.98 Å². The summed E-state index contributed by atoms with van der Waals surface area (Å²) in [5.41, 5.74) is 2.60. The number of amides is 1. The van der Waals surface area contributed by atoms with Crippen LogP contribution in [0.1, 0.15) is 12.8 Å². The monoisotopic (exact) mass is 343 g/mol. The number of nitrogens with zero attached hydrogens (tertiary/aromatic N) is 1. The van der Waals surface area contributed by atoms with Crippen LogP contribution in [0.4, 0.5) is 5.69 Å². The molecule has 122 valence electrons. The van der Waals surface area contributed by atoms with Crippen LogP contribution in [0.2, 0.25) is 5.02 Å². The van der Waals surface area contributed by atoms with Crippen LogP contribution in [0, 0.1) is 0 Å². The van der Waals surface area contributed by atoms with Crippen molar-refractivity contribution in [2.75, 3.05) is 5.32 Å². The molecule has 2 aromatic carbocycles. The van der Waals surface area contributed by atoms with Gasteiger partial charge in [0.2, 0.25) is 11.8 Å². The average molecular weight is 344 g/mol. The van der Waals surface area contributed by atoms with Crippen molar-refractivity contribution >= 4 is 40.3 Å². The minimum atomic E-state index is -1.25. The molecular formula is C17H12ClN2O4-. The van der Waals surface area contributed by atoms with Gasteiger partial charge in [-0.1, -0.05) is 11.6 Å². The number of carboxylic acids is 1. The van der Waals surface area contributed by atoms with E-state index in [9.17, 15) is 14.7 Å². The van der Waals surface area contributed by atoms with Crippen molar-refractivity contribution in [2.24, 2.45) is 0 Å². The van der Waals surface area contributed by atoms with E-state index in [1.807, 2.05) is 0 Å². The molecule has 7 heteroatoms. The minimum Gasteiger partial charge on any atom is -0.550 e. The van der Waals surface area contributed by atoms with Gasteiger partial charge in [0.1, 0.15) is 5.52 Å². The van der Waals surface area contributed by atoms with E-state index in [1.54, 1.807) is 42.5 Å². The standard InChI is InChI=1S/C17H13ClN2O4/c18-11-3-6-14-13(9-11)20-17(24-14)10-1-4-12(5-2-10)19-15(21)7-8-16(22)23/h1-6,9H,7-8H2,(H,19,21)(H,22,23)/p-1. The number of oxazole rings is 1. The first-order valence-corrected chi connectivity index (χ1v) is 7.55. The van der Waals surface area contributed by atoms with Crippen molar-refractivity contribution < 1.29 is 19.1 Å². The highest BCUT2D eigenvalue weighted by atomic mass is 35.5. The molecule has 1 aromatic heterocycles. The lowest BCUT2D eigenvalue weighted by molar-refractivity contribution is -0.305. The van der Waals surface area contributed by atoms with Gasteiger partial charge in [-0.15, -0.1) is 0 Å². The van der Waals surface area contributed by atoms with Gasteiger partial charge in [-0.3, -0.25) is 4.79 Å². The first-order chi connectivity index (χ1) is 11.5. The number of benzene rings is 2. The van der Waals surface area contributed by atoms with Gasteiger partial charge in [0.25, 0.3) is 0 Å². The van der Waals surface area contributed by atoms with E-state index >= 15 is 0 Å². The summed E-state index contributed by atoms with van der Waals surface area (Å²) in [6.07, 6.45) is -0.439. The van der Waals surface area contributed by atoms with Crippen LogP contribution < -0.4 is 10.4 Å². The van der Waals surface area contributed by atoms with E-state index < -0.39 is 5.97 Å². The molecule has 1 N–H and O–H groups in total. The summed E-state index contributed by atoms with van der Waals surface area (Å²) >= 11 is 5.93. The van der Waals surface area contributed by atoms with Gasteiger partial charge in [0.15, 0.2) is 5.58 Å². The van der Waals surface area contributed by atoms with Crippen LogP contribution in [0.3, 0.4) is 0 Å². The van der Waals surface area contributed by atoms with Crippen molar-refractivity contribution in [1.82, 2.24) is 4.98 Å². The molecule has 0 atom stereocenters. The van der Waals surface area contributed by atoms with Gasteiger partial charge in [-0.05, 0) is 48.9 Å². The van der Waals surface area contributed by atoms with Gasteiger partial charge in [-0.2, -0.15) is 0 Å². The molecule has 0 saturated carbocycles. The van der Waals surface area contributed by atoms with E-state index in [-0.39, 0.29) is 18.7 Å². The Morgan fingerprint density at radius 3 is 2.58 bits per heavy atom. The maximum atomic E-state index is 11.6. The largest absolute Gasteiger partial charge is 0.550 e. The Hall–Kier alpha value is -2.86. The predicted molar refractivity (Wildman–Crippen MR) is 87.3 cm³/mol. The third-order valence-corrected chi connectivity index (χ3v) is 3.56. The first kappa shape index (κ1) is 16.0. The highest BCUT2D eigenvalue weighted by molar-refractivity contribution is 6.31. The molecule has 24 heavy (non-hydrogen) atoms. The Morgan fingerprint density at radius 1 is 1.12 bits per heavy atom. The first-order valence-electron chi connectivity index (χ1n) is 7.17. The Balaban J connectivity index is 1.73. The molecule has 0 aliphatic carbocycles. The number of aliphatic carboxylic acids is 1. The van der Waals surface area contributed by atoms with Crippen molar-refractivity contribution in [1.29, 1.82) is 0 Å². The molecule has 3 aromatic rings. The average Bonchev–Trinajstić information content (AvgIpc) is 2.96. The predicted octanol–water partition coefficient (Wildman–Crippen LogP) is 2.62. The van der Waals surface area contributed by atoms with Crippen LogP contribution in [0.5, 0.6) is 0 Å². The lowest BCUT2D eigenvalue weighted by Crippen LogP contribution is -2.24. The van der Waals surface area contributed by atoms with Crippen molar-refractivity contribution in [3.8, 4) is 11.5 Å². The number of aromatic nitrogens is 1. The highest BCUT2D eigenvalue weighted by Gasteiger charge is 2.09. The molecule has 0 radical (unpaired) electrons. The van der Waals surface area contributed by atoms with Gasteiger partial charge in [0.05, 0.1) is 0 Å². The quantitative estimate of drug-likeness (QED) is 0.768. The molecule has 0 aliphatic rings. The second kappa shape index (κ2) is 6.72. The summed E-state index contributed by atoms with van der Waals surface area (Å²) in [7, 11) is 0. The Bertz CT molecular complexity index is 903. The zero-order valence-corrected chi connectivity index (χ0v) is 13.2. The zero-order chi connectivity index (χ0) is 17.1. The number of halogens is 1. The summed E-state index contributed by atoms with van der Waals surface area (Å²) in [6.45, 7) is 0. The van der Waals surface area contributed by atoms with E-state index in [0.29, 0.717) is 27.7 Å². The van der Waals surface area contributed by atoms with Gasteiger partial charge < -0.3 is 19.6 Å². The molecule has 0 saturated heterocycles. The number of nitrogens with one attached hydrogen (secondary N) is 1. The number of hydrogen-bond donors (Lipinski definition) is 1. The maximum absolute atomic E-state index is 11.6. The Morgan fingerprint density at radius 2 is 1.88 bits per heavy atom. The zero-order valence-electron chi connectivity index (χ0n) is 12.4. The van der Waals surface area contributed by atoms with Crippen LogP contribution >= 0.6 is 11.6 Å². The fourth-order valence-corrected chi connectivity index (χ4v) is 2.33.